The van der Waals surface area contributed by atoms with Crippen molar-refractivity contribution >= 4 is 63.8 Å². The molecule has 1 aliphatic rings. The van der Waals surface area contributed by atoms with E-state index in [0.717, 1.165) is 16.7 Å². The molecule has 35 heavy (non-hydrogen) atoms. The first-order chi connectivity index (χ1) is 16.8. The van der Waals surface area contributed by atoms with Gasteiger partial charge in [0.05, 0.1) is 16.5 Å². The fourth-order valence-corrected chi connectivity index (χ4v) is 4.52. The number of thioether (sulfide) groups is 1. The van der Waals surface area contributed by atoms with E-state index in [4.69, 9.17) is 27.9 Å². The molecule has 178 valence electrons. The maximum absolute atomic E-state index is 14.1. The fraction of sp³-hybridized carbons (Fsp3) is 0.0800. The van der Waals surface area contributed by atoms with Crippen LogP contribution in [0.2, 0.25) is 10.0 Å². The maximum Gasteiger partial charge on any atom is 0.293 e. The molecule has 3 aromatic carbocycles. The molecule has 3 aromatic rings. The van der Waals surface area contributed by atoms with Gasteiger partial charge in [-0.25, -0.2) is 4.39 Å². The number of carbonyl (C=O) groups is 3. The van der Waals surface area contributed by atoms with Gasteiger partial charge in [0.25, 0.3) is 17.1 Å². The first-order valence-electron chi connectivity index (χ1n) is 10.3. The SMILES string of the molecule is O=C(COc1ccc(/C=C2\SC(=O)N(Cc3c(F)cccc3Cl)C2=O)cc1Cl)Nc1ccccc1. The van der Waals surface area contributed by atoms with E-state index < -0.39 is 17.0 Å². The van der Waals surface area contributed by atoms with Crippen LogP contribution >= 0.6 is 35.0 Å². The van der Waals surface area contributed by atoms with Crippen LogP contribution in [0.1, 0.15) is 11.1 Å². The summed E-state index contributed by atoms with van der Waals surface area (Å²) in [4.78, 5) is 38.3. The number of imide groups is 1. The van der Waals surface area contributed by atoms with Gasteiger partial charge in [-0.2, -0.15) is 0 Å². The second-order valence-corrected chi connectivity index (χ2v) is 9.17. The van der Waals surface area contributed by atoms with E-state index >= 15 is 0 Å². The summed E-state index contributed by atoms with van der Waals surface area (Å²) in [5.41, 5.74) is 1.26. The van der Waals surface area contributed by atoms with Crippen molar-refractivity contribution in [1.82, 2.24) is 4.90 Å². The molecule has 6 nitrogen and oxygen atoms in total. The number of benzene rings is 3. The molecule has 1 aliphatic heterocycles. The van der Waals surface area contributed by atoms with Gasteiger partial charge < -0.3 is 10.1 Å². The Kier molecular flexibility index (Phi) is 7.75. The number of halogens is 3. The van der Waals surface area contributed by atoms with Gasteiger partial charge >= 0.3 is 0 Å². The zero-order chi connectivity index (χ0) is 24.9. The van der Waals surface area contributed by atoms with Crippen LogP contribution in [0.3, 0.4) is 0 Å². The minimum absolute atomic E-state index is 0.0681. The fourth-order valence-electron chi connectivity index (χ4n) is 3.21. The van der Waals surface area contributed by atoms with Gasteiger partial charge in [-0.3, -0.25) is 19.3 Å². The Morgan fingerprint density at radius 3 is 2.51 bits per heavy atom. The molecule has 10 heteroatoms. The van der Waals surface area contributed by atoms with Gasteiger partial charge in [0.15, 0.2) is 6.61 Å². The molecule has 0 aromatic heterocycles. The number of hydrogen-bond acceptors (Lipinski definition) is 5. The zero-order valence-electron chi connectivity index (χ0n) is 18.0. The lowest BCUT2D eigenvalue weighted by atomic mass is 10.2. The average Bonchev–Trinajstić information content (AvgIpc) is 3.08. The number of carbonyl (C=O) groups excluding carboxylic acids is 3. The van der Waals surface area contributed by atoms with Gasteiger partial charge in [-0.05, 0) is 59.8 Å². The number of para-hydroxylation sites is 1. The predicted octanol–water partition coefficient (Wildman–Crippen LogP) is 6.39. The van der Waals surface area contributed by atoms with Crippen LogP contribution in [0, 0.1) is 5.82 Å². The van der Waals surface area contributed by atoms with Gasteiger partial charge in [-0.15, -0.1) is 0 Å². The Bertz CT molecular complexity index is 1310. The first kappa shape index (κ1) is 24.8. The number of anilines is 1. The minimum Gasteiger partial charge on any atom is -0.482 e. The highest BCUT2D eigenvalue weighted by Crippen LogP contribution is 2.35. The van der Waals surface area contributed by atoms with Gasteiger partial charge in [0.1, 0.15) is 11.6 Å². The van der Waals surface area contributed by atoms with Crippen LogP contribution < -0.4 is 10.1 Å². The molecular formula is C25H17Cl2FN2O4S. The van der Waals surface area contributed by atoms with Gasteiger partial charge in [-0.1, -0.05) is 53.5 Å². The van der Waals surface area contributed by atoms with Crippen LogP contribution in [0.4, 0.5) is 14.9 Å². The number of rotatable bonds is 7. The van der Waals surface area contributed by atoms with E-state index in [-0.39, 0.29) is 45.3 Å². The Balaban J connectivity index is 1.41. The molecule has 3 amide bonds. The quantitative estimate of drug-likeness (QED) is 0.358. The molecule has 0 radical (unpaired) electrons. The van der Waals surface area contributed by atoms with Crippen molar-refractivity contribution in [1.29, 1.82) is 0 Å². The average molecular weight is 531 g/mol. The third-order valence-electron chi connectivity index (χ3n) is 4.92. The highest BCUT2D eigenvalue weighted by atomic mass is 35.5. The first-order valence-corrected chi connectivity index (χ1v) is 11.8. The lowest BCUT2D eigenvalue weighted by molar-refractivity contribution is -0.123. The number of nitrogens with one attached hydrogen (secondary N) is 1. The summed E-state index contributed by atoms with van der Waals surface area (Å²) in [5.74, 6) is -1.22. The molecule has 0 unspecified atom stereocenters. The zero-order valence-corrected chi connectivity index (χ0v) is 20.3. The molecule has 1 saturated heterocycles. The molecule has 0 bridgehead atoms. The van der Waals surface area contributed by atoms with Gasteiger partial charge in [0, 0.05) is 16.3 Å². The molecule has 4 rings (SSSR count). The smallest absolute Gasteiger partial charge is 0.293 e. The Morgan fingerprint density at radius 2 is 1.80 bits per heavy atom. The number of ether oxygens (including phenoxy) is 1. The molecule has 1 N–H and O–H groups in total. The number of amides is 3. The molecule has 0 spiro atoms. The second-order valence-electron chi connectivity index (χ2n) is 7.36. The van der Waals surface area contributed by atoms with Crippen molar-refractivity contribution in [2.75, 3.05) is 11.9 Å². The number of nitrogens with zero attached hydrogens (tertiary/aromatic N) is 1. The van der Waals surface area contributed by atoms with Crippen molar-refractivity contribution in [3.05, 3.63) is 98.6 Å². The topological polar surface area (TPSA) is 75.7 Å². The van der Waals surface area contributed by atoms with Crippen molar-refractivity contribution in [3.8, 4) is 5.75 Å². The molecular weight excluding hydrogens is 514 g/mol. The summed E-state index contributed by atoms with van der Waals surface area (Å²) in [5, 5.41) is 2.53. The van der Waals surface area contributed by atoms with E-state index in [1.807, 2.05) is 6.07 Å². The van der Waals surface area contributed by atoms with E-state index in [1.54, 1.807) is 42.5 Å². The lowest BCUT2D eigenvalue weighted by Gasteiger charge is -2.14. The summed E-state index contributed by atoms with van der Waals surface area (Å²) in [6.07, 6.45) is 1.51. The lowest BCUT2D eigenvalue weighted by Crippen LogP contribution is -2.28. The van der Waals surface area contributed by atoms with Crippen LogP contribution in [0.15, 0.2) is 71.6 Å². The molecule has 0 atom stereocenters. The highest BCUT2D eigenvalue weighted by molar-refractivity contribution is 8.18. The van der Waals surface area contributed by atoms with Crippen LogP contribution in [-0.2, 0) is 16.1 Å². The van der Waals surface area contributed by atoms with Crippen LogP contribution in [0.5, 0.6) is 5.75 Å². The van der Waals surface area contributed by atoms with Crippen molar-refractivity contribution in [2.24, 2.45) is 0 Å². The van der Waals surface area contributed by atoms with E-state index in [9.17, 15) is 18.8 Å². The summed E-state index contributed by atoms with van der Waals surface area (Å²) < 4.78 is 19.6. The molecule has 0 aliphatic carbocycles. The third-order valence-corrected chi connectivity index (χ3v) is 6.48. The van der Waals surface area contributed by atoms with Crippen molar-refractivity contribution in [3.63, 3.8) is 0 Å². The van der Waals surface area contributed by atoms with Crippen LogP contribution in [0.25, 0.3) is 6.08 Å². The standard InChI is InChI=1S/C25H17Cl2FN2O4S/c26-18-7-4-8-20(28)17(18)13-30-24(32)22(35-25(30)33)12-15-9-10-21(19(27)11-15)34-14-23(31)29-16-5-2-1-3-6-16/h1-12H,13-14H2,(H,29,31)/b22-12-. The van der Waals surface area contributed by atoms with E-state index in [1.165, 1.54) is 24.3 Å². The molecule has 1 heterocycles. The minimum atomic E-state index is -0.597. The largest absolute Gasteiger partial charge is 0.482 e. The van der Waals surface area contributed by atoms with Crippen molar-refractivity contribution in [2.45, 2.75) is 6.54 Å². The van der Waals surface area contributed by atoms with Gasteiger partial charge in [0.2, 0.25) is 0 Å². The normalized spacial score (nSPS) is 14.5. The highest BCUT2D eigenvalue weighted by Gasteiger charge is 2.35. The third kappa shape index (κ3) is 6.03. The maximum atomic E-state index is 14.1. The van der Waals surface area contributed by atoms with Crippen molar-refractivity contribution < 1.29 is 23.5 Å². The molecule has 1 fully saturated rings. The summed E-state index contributed by atoms with van der Waals surface area (Å²) in [7, 11) is 0. The predicted molar refractivity (Wildman–Crippen MR) is 135 cm³/mol. The Morgan fingerprint density at radius 1 is 1.03 bits per heavy atom. The Hall–Kier alpha value is -3.33. The second kappa shape index (κ2) is 10.9. The molecule has 0 saturated carbocycles. The Labute approximate surface area is 214 Å². The van der Waals surface area contributed by atoms with Crippen LogP contribution in [-0.4, -0.2) is 28.6 Å². The summed E-state index contributed by atoms with van der Waals surface area (Å²) >= 11 is 13.0. The number of hydrogen-bond donors (Lipinski definition) is 1. The summed E-state index contributed by atoms with van der Waals surface area (Å²) in [6.45, 7) is -0.516. The van der Waals surface area contributed by atoms with E-state index in [2.05, 4.69) is 5.32 Å². The summed E-state index contributed by atoms with van der Waals surface area (Å²) in [6, 6.07) is 17.9. The monoisotopic (exact) mass is 530 g/mol. The van der Waals surface area contributed by atoms with E-state index in [0.29, 0.717) is 11.3 Å².